The third-order valence-corrected chi connectivity index (χ3v) is 2.50. The SMILES string of the molecule is CCOC(=O)C(C#N)C(C)c1ccccc1. The minimum absolute atomic E-state index is 0.148. The van der Waals surface area contributed by atoms with E-state index in [1.165, 1.54) is 0 Å². The highest BCUT2D eigenvalue weighted by Gasteiger charge is 2.27. The highest BCUT2D eigenvalue weighted by molar-refractivity contribution is 5.76. The Kier molecular flexibility index (Phi) is 4.53. The number of carbonyl (C=O) groups is 1. The van der Waals surface area contributed by atoms with E-state index in [1.807, 2.05) is 43.3 Å². The van der Waals surface area contributed by atoms with Crippen LogP contribution in [-0.4, -0.2) is 12.6 Å². The molecule has 0 spiro atoms. The van der Waals surface area contributed by atoms with Gasteiger partial charge in [-0.3, -0.25) is 4.79 Å². The number of esters is 1. The van der Waals surface area contributed by atoms with Crippen molar-refractivity contribution in [3.8, 4) is 6.07 Å². The van der Waals surface area contributed by atoms with Crippen LogP contribution in [0.2, 0.25) is 0 Å². The molecule has 16 heavy (non-hydrogen) atoms. The van der Waals surface area contributed by atoms with Crippen molar-refractivity contribution in [2.45, 2.75) is 19.8 Å². The van der Waals surface area contributed by atoms with Crippen molar-refractivity contribution in [1.82, 2.24) is 0 Å². The Labute approximate surface area is 95.7 Å². The Morgan fingerprint density at radius 2 is 2.06 bits per heavy atom. The summed E-state index contributed by atoms with van der Waals surface area (Å²) in [6.45, 7) is 3.90. The number of hydrogen-bond acceptors (Lipinski definition) is 3. The van der Waals surface area contributed by atoms with Gasteiger partial charge in [-0.2, -0.15) is 5.26 Å². The molecule has 2 atom stereocenters. The minimum Gasteiger partial charge on any atom is -0.465 e. The van der Waals surface area contributed by atoms with Crippen molar-refractivity contribution in [2.75, 3.05) is 6.61 Å². The predicted octanol–water partition coefficient (Wildman–Crippen LogP) is 2.49. The molecule has 0 aliphatic heterocycles. The lowest BCUT2D eigenvalue weighted by Crippen LogP contribution is -2.21. The maximum atomic E-state index is 11.5. The molecule has 0 amide bonds. The number of nitrogens with zero attached hydrogens (tertiary/aromatic N) is 1. The second-order valence-corrected chi connectivity index (χ2v) is 3.56. The first-order valence-electron chi connectivity index (χ1n) is 5.32. The van der Waals surface area contributed by atoms with Gasteiger partial charge in [0.15, 0.2) is 5.92 Å². The van der Waals surface area contributed by atoms with Gasteiger partial charge in [0, 0.05) is 5.92 Å². The van der Waals surface area contributed by atoms with Crippen LogP contribution in [0.5, 0.6) is 0 Å². The summed E-state index contributed by atoms with van der Waals surface area (Å²) in [4.78, 5) is 11.5. The molecule has 0 aromatic heterocycles. The molecule has 1 aromatic rings. The van der Waals surface area contributed by atoms with Gasteiger partial charge in [0.05, 0.1) is 12.7 Å². The fourth-order valence-electron chi connectivity index (χ4n) is 1.55. The number of benzene rings is 1. The number of carbonyl (C=O) groups excluding carboxylic acids is 1. The lowest BCUT2D eigenvalue weighted by molar-refractivity contribution is -0.146. The molecule has 0 bridgehead atoms. The summed E-state index contributed by atoms with van der Waals surface area (Å²) < 4.78 is 4.88. The molecule has 1 aromatic carbocycles. The molecule has 0 N–H and O–H groups in total. The van der Waals surface area contributed by atoms with E-state index >= 15 is 0 Å². The summed E-state index contributed by atoms with van der Waals surface area (Å²) in [7, 11) is 0. The van der Waals surface area contributed by atoms with E-state index in [2.05, 4.69) is 0 Å². The molecule has 1 rings (SSSR count). The average molecular weight is 217 g/mol. The number of hydrogen-bond donors (Lipinski definition) is 0. The third kappa shape index (κ3) is 2.83. The van der Waals surface area contributed by atoms with E-state index in [-0.39, 0.29) is 5.92 Å². The first kappa shape index (κ1) is 12.3. The number of rotatable bonds is 4. The zero-order valence-electron chi connectivity index (χ0n) is 9.51. The van der Waals surface area contributed by atoms with Crippen molar-refractivity contribution in [3.63, 3.8) is 0 Å². The van der Waals surface area contributed by atoms with E-state index in [0.29, 0.717) is 6.61 Å². The molecule has 0 aliphatic rings. The van der Waals surface area contributed by atoms with Crippen LogP contribution in [-0.2, 0) is 9.53 Å². The van der Waals surface area contributed by atoms with Crippen LogP contribution in [0.1, 0.15) is 25.3 Å². The van der Waals surface area contributed by atoms with Gasteiger partial charge in [-0.25, -0.2) is 0 Å². The summed E-state index contributed by atoms with van der Waals surface area (Å²) in [6, 6.07) is 11.5. The highest BCUT2D eigenvalue weighted by Crippen LogP contribution is 2.24. The summed E-state index contributed by atoms with van der Waals surface area (Å²) in [5.74, 6) is -1.33. The molecule has 0 radical (unpaired) electrons. The van der Waals surface area contributed by atoms with Crippen LogP contribution in [0.15, 0.2) is 30.3 Å². The molecular formula is C13H15NO2. The Morgan fingerprint density at radius 1 is 1.44 bits per heavy atom. The normalized spacial score (nSPS) is 13.6. The Bertz CT molecular complexity index is 381. The minimum atomic E-state index is -0.734. The molecule has 0 saturated carbocycles. The van der Waals surface area contributed by atoms with E-state index in [0.717, 1.165) is 5.56 Å². The summed E-state index contributed by atoms with van der Waals surface area (Å²) in [6.07, 6.45) is 0. The van der Waals surface area contributed by atoms with E-state index in [9.17, 15) is 4.79 Å². The monoisotopic (exact) mass is 217 g/mol. The molecule has 3 nitrogen and oxygen atoms in total. The molecule has 0 aliphatic carbocycles. The van der Waals surface area contributed by atoms with Crippen LogP contribution >= 0.6 is 0 Å². The molecule has 0 fully saturated rings. The van der Waals surface area contributed by atoms with Gasteiger partial charge in [0.25, 0.3) is 0 Å². The lowest BCUT2D eigenvalue weighted by atomic mass is 9.89. The molecule has 3 heteroatoms. The van der Waals surface area contributed by atoms with Crippen LogP contribution in [0.4, 0.5) is 0 Å². The van der Waals surface area contributed by atoms with Crippen molar-refractivity contribution in [3.05, 3.63) is 35.9 Å². The lowest BCUT2D eigenvalue weighted by Gasteiger charge is -2.16. The van der Waals surface area contributed by atoms with Gasteiger partial charge in [-0.15, -0.1) is 0 Å². The topological polar surface area (TPSA) is 50.1 Å². The molecule has 84 valence electrons. The van der Waals surface area contributed by atoms with Crippen molar-refractivity contribution < 1.29 is 9.53 Å². The Balaban J connectivity index is 2.83. The molecule has 0 heterocycles. The van der Waals surface area contributed by atoms with Gasteiger partial charge in [0.1, 0.15) is 0 Å². The van der Waals surface area contributed by atoms with Crippen molar-refractivity contribution in [2.24, 2.45) is 5.92 Å². The summed E-state index contributed by atoms with van der Waals surface area (Å²) in [5, 5.41) is 9.00. The van der Waals surface area contributed by atoms with Gasteiger partial charge in [0.2, 0.25) is 0 Å². The zero-order valence-corrected chi connectivity index (χ0v) is 9.51. The smallest absolute Gasteiger partial charge is 0.323 e. The van der Waals surface area contributed by atoms with Crippen LogP contribution < -0.4 is 0 Å². The average Bonchev–Trinajstić information content (AvgIpc) is 2.31. The van der Waals surface area contributed by atoms with Gasteiger partial charge in [-0.05, 0) is 12.5 Å². The molecular weight excluding hydrogens is 202 g/mol. The summed E-state index contributed by atoms with van der Waals surface area (Å²) >= 11 is 0. The first-order chi connectivity index (χ1) is 7.70. The van der Waals surface area contributed by atoms with Gasteiger partial charge in [-0.1, -0.05) is 37.3 Å². The van der Waals surface area contributed by atoms with Gasteiger partial charge >= 0.3 is 5.97 Å². The number of nitriles is 1. The maximum Gasteiger partial charge on any atom is 0.323 e. The highest BCUT2D eigenvalue weighted by atomic mass is 16.5. The molecule has 2 unspecified atom stereocenters. The summed E-state index contributed by atoms with van der Waals surface area (Å²) in [5.41, 5.74) is 0.974. The third-order valence-electron chi connectivity index (χ3n) is 2.50. The zero-order chi connectivity index (χ0) is 12.0. The second-order valence-electron chi connectivity index (χ2n) is 3.56. The van der Waals surface area contributed by atoms with Crippen LogP contribution in [0.3, 0.4) is 0 Å². The molecule has 0 saturated heterocycles. The fraction of sp³-hybridized carbons (Fsp3) is 0.385. The number of ether oxygens (including phenoxy) is 1. The quantitative estimate of drug-likeness (QED) is 0.728. The maximum absolute atomic E-state index is 11.5. The van der Waals surface area contributed by atoms with E-state index in [4.69, 9.17) is 10.00 Å². The Morgan fingerprint density at radius 3 is 2.56 bits per heavy atom. The van der Waals surface area contributed by atoms with Crippen molar-refractivity contribution in [1.29, 1.82) is 5.26 Å². The van der Waals surface area contributed by atoms with Crippen LogP contribution in [0.25, 0.3) is 0 Å². The largest absolute Gasteiger partial charge is 0.465 e. The first-order valence-corrected chi connectivity index (χ1v) is 5.32. The predicted molar refractivity (Wildman–Crippen MR) is 60.6 cm³/mol. The van der Waals surface area contributed by atoms with Crippen LogP contribution in [0, 0.1) is 17.2 Å². The Hall–Kier alpha value is -1.82. The van der Waals surface area contributed by atoms with E-state index in [1.54, 1.807) is 6.92 Å². The van der Waals surface area contributed by atoms with Gasteiger partial charge < -0.3 is 4.74 Å². The standard InChI is InChI=1S/C13H15NO2/c1-3-16-13(15)12(9-14)10(2)11-7-5-4-6-8-11/h4-8,10,12H,3H2,1-2H3. The fourth-order valence-corrected chi connectivity index (χ4v) is 1.55. The van der Waals surface area contributed by atoms with E-state index < -0.39 is 11.9 Å². The second kappa shape index (κ2) is 5.92. The van der Waals surface area contributed by atoms with Crippen molar-refractivity contribution >= 4 is 5.97 Å².